The molecule has 4 heterocycles. The molecule has 1 aliphatic rings. The topological polar surface area (TPSA) is 94.9 Å². The Morgan fingerprint density at radius 2 is 1.62 bits per heavy atom. The molecule has 0 atom stereocenters. The van der Waals surface area contributed by atoms with Crippen LogP contribution in [0, 0.1) is 5.92 Å². The molecule has 1 aliphatic carbocycles. The van der Waals surface area contributed by atoms with Gasteiger partial charge in [0.25, 0.3) is 0 Å². The lowest BCUT2D eigenvalue weighted by atomic mass is 9.66. The van der Waals surface area contributed by atoms with Gasteiger partial charge in [0.2, 0.25) is 5.82 Å². The van der Waals surface area contributed by atoms with Gasteiger partial charge < -0.3 is 5.73 Å². The van der Waals surface area contributed by atoms with Crippen LogP contribution in [0.2, 0.25) is 0 Å². The number of nitrogens with zero attached hydrogens (tertiary/aromatic N) is 6. The van der Waals surface area contributed by atoms with E-state index in [1.165, 1.54) is 5.56 Å². The molecular formula is C30H25N7. The summed E-state index contributed by atoms with van der Waals surface area (Å²) < 4.78 is 1.92. The first-order chi connectivity index (χ1) is 18.1. The molecule has 7 heteroatoms. The van der Waals surface area contributed by atoms with E-state index in [2.05, 4.69) is 69.6 Å². The minimum absolute atomic E-state index is 0.212. The summed E-state index contributed by atoms with van der Waals surface area (Å²) in [6.07, 6.45) is 7.39. The summed E-state index contributed by atoms with van der Waals surface area (Å²) in [5, 5.41) is 9.82. The highest BCUT2D eigenvalue weighted by Gasteiger charge is 2.39. The fourth-order valence-corrected chi connectivity index (χ4v) is 5.60. The fraction of sp³-hybridized carbons (Fsp3) is 0.167. The fourth-order valence-electron chi connectivity index (χ4n) is 5.60. The highest BCUT2D eigenvalue weighted by Crippen LogP contribution is 2.44. The van der Waals surface area contributed by atoms with Gasteiger partial charge >= 0.3 is 0 Å². The van der Waals surface area contributed by atoms with Crippen molar-refractivity contribution in [1.29, 1.82) is 0 Å². The first-order valence-corrected chi connectivity index (χ1v) is 12.5. The smallest absolute Gasteiger partial charge is 0.206 e. The molecule has 0 spiro atoms. The second kappa shape index (κ2) is 8.28. The summed E-state index contributed by atoms with van der Waals surface area (Å²) in [6, 6.07) is 24.9. The molecule has 0 unspecified atom stereocenters. The maximum absolute atomic E-state index is 6.66. The van der Waals surface area contributed by atoms with Crippen molar-refractivity contribution in [3.63, 3.8) is 0 Å². The number of pyridine rings is 2. The molecule has 2 N–H and O–H groups in total. The molecular weight excluding hydrogens is 458 g/mol. The second-order valence-electron chi connectivity index (χ2n) is 10.0. The van der Waals surface area contributed by atoms with Crippen LogP contribution in [0.25, 0.3) is 50.6 Å². The first kappa shape index (κ1) is 21.8. The van der Waals surface area contributed by atoms with E-state index in [0.29, 0.717) is 17.6 Å². The Balaban J connectivity index is 1.40. The molecule has 7 rings (SSSR count). The largest absolute Gasteiger partial charge is 0.321 e. The lowest BCUT2D eigenvalue weighted by Crippen LogP contribution is -2.47. The monoisotopic (exact) mass is 483 g/mol. The molecule has 7 nitrogen and oxygen atoms in total. The van der Waals surface area contributed by atoms with Crippen LogP contribution in [0.4, 0.5) is 0 Å². The molecule has 0 amide bonds. The Labute approximate surface area is 214 Å². The maximum Gasteiger partial charge on any atom is 0.206 e. The first-order valence-electron chi connectivity index (χ1n) is 12.5. The van der Waals surface area contributed by atoms with E-state index >= 15 is 0 Å². The molecule has 1 fully saturated rings. The van der Waals surface area contributed by atoms with Crippen molar-refractivity contribution >= 4 is 16.6 Å². The highest BCUT2D eigenvalue weighted by molar-refractivity contribution is 5.98. The van der Waals surface area contributed by atoms with Crippen molar-refractivity contribution in [2.24, 2.45) is 11.7 Å². The Kier molecular flexibility index (Phi) is 4.87. The Bertz CT molecular complexity index is 1740. The van der Waals surface area contributed by atoms with E-state index in [-0.39, 0.29) is 5.54 Å². The maximum atomic E-state index is 6.66. The number of rotatable bonds is 4. The SMILES string of the molecule is CC1CC(N)(c2ccc(-c3nc4ccn5c(-c6ncccn6)nnc5c4cc3-c3ccccc3)cc2)C1. The standard InChI is InChI=1S/C30H25N7/c1-19-17-30(31,18-19)22-10-8-21(9-11-22)26-23(20-6-3-2-4-7-20)16-24-25(34-26)12-15-37-28(24)35-36-29(37)27-32-13-5-14-33-27/h2-16,19H,17-18,31H2,1H3. The van der Waals surface area contributed by atoms with E-state index < -0.39 is 0 Å². The second-order valence-corrected chi connectivity index (χ2v) is 10.0. The number of benzene rings is 2. The van der Waals surface area contributed by atoms with Crippen LogP contribution < -0.4 is 5.73 Å². The van der Waals surface area contributed by atoms with Crippen LogP contribution in [0.15, 0.2) is 91.4 Å². The van der Waals surface area contributed by atoms with Crippen molar-refractivity contribution in [2.45, 2.75) is 25.3 Å². The van der Waals surface area contributed by atoms with Crippen LogP contribution in [-0.2, 0) is 5.54 Å². The van der Waals surface area contributed by atoms with Gasteiger partial charge in [0.05, 0.1) is 11.2 Å². The van der Waals surface area contributed by atoms with Gasteiger partial charge in [-0.25, -0.2) is 15.0 Å². The van der Waals surface area contributed by atoms with E-state index in [4.69, 9.17) is 10.7 Å². The molecule has 180 valence electrons. The summed E-state index contributed by atoms with van der Waals surface area (Å²) in [7, 11) is 0. The van der Waals surface area contributed by atoms with E-state index in [1.54, 1.807) is 18.5 Å². The normalized spacial score (nSPS) is 19.2. The molecule has 0 aliphatic heterocycles. The van der Waals surface area contributed by atoms with Crippen LogP contribution in [0.3, 0.4) is 0 Å². The van der Waals surface area contributed by atoms with Crippen molar-refractivity contribution in [3.8, 4) is 34.0 Å². The number of aromatic nitrogens is 6. The molecule has 0 bridgehead atoms. The zero-order chi connectivity index (χ0) is 25.0. The van der Waals surface area contributed by atoms with Crippen molar-refractivity contribution in [3.05, 3.63) is 97.0 Å². The third kappa shape index (κ3) is 3.58. The summed E-state index contributed by atoms with van der Waals surface area (Å²) in [5.41, 5.74) is 13.3. The van der Waals surface area contributed by atoms with Gasteiger partial charge in [-0.3, -0.25) is 4.40 Å². The average Bonchev–Trinajstić information content (AvgIpc) is 3.37. The molecule has 0 radical (unpaired) electrons. The Hall–Kier alpha value is -4.49. The van der Waals surface area contributed by atoms with E-state index in [1.807, 2.05) is 34.9 Å². The average molecular weight is 484 g/mol. The van der Waals surface area contributed by atoms with E-state index in [0.717, 1.165) is 51.8 Å². The zero-order valence-corrected chi connectivity index (χ0v) is 20.4. The summed E-state index contributed by atoms with van der Waals surface area (Å²) >= 11 is 0. The lowest BCUT2D eigenvalue weighted by molar-refractivity contribution is 0.164. The third-order valence-electron chi connectivity index (χ3n) is 7.38. The Morgan fingerprint density at radius 1 is 0.865 bits per heavy atom. The molecule has 4 aromatic heterocycles. The van der Waals surface area contributed by atoms with Gasteiger partial charge in [-0.2, -0.15) is 0 Å². The van der Waals surface area contributed by atoms with Crippen LogP contribution in [0.1, 0.15) is 25.3 Å². The van der Waals surface area contributed by atoms with Crippen molar-refractivity contribution in [1.82, 2.24) is 29.5 Å². The molecule has 6 aromatic rings. The summed E-state index contributed by atoms with van der Waals surface area (Å²) in [6.45, 7) is 2.26. The third-order valence-corrected chi connectivity index (χ3v) is 7.38. The summed E-state index contributed by atoms with van der Waals surface area (Å²) in [5.74, 6) is 1.81. The van der Waals surface area contributed by atoms with Gasteiger partial charge in [-0.15, -0.1) is 10.2 Å². The van der Waals surface area contributed by atoms with Crippen molar-refractivity contribution < 1.29 is 0 Å². The molecule has 0 saturated heterocycles. The minimum Gasteiger partial charge on any atom is -0.321 e. The van der Waals surface area contributed by atoms with Crippen LogP contribution in [-0.4, -0.2) is 29.5 Å². The summed E-state index contributed by atoms with van der Waals surface area (Å²) in [4.78, 5) is 13.8. The molecule has 37 heavy (non-hydrogen) atoms. The number of hydrogen-bond acceptors (Lipinski definition) is 6. The quantitative estimate of drug-likeness (QED) is 0.348. The van der Waals surface area contributed by atoms with Gasteiger partial charge in [-0.05, 0) is 48.1 Å². The van der Waals surface area contributed by atoms with Gasteiger partial charge in [0.1, 0.15) is 0 Å². The lowest BCUT2D eigenvalue weighted by Gasteiger charge is -2.44. The molecule has 1 saturated carbocycles. The number of hydrogen-bond donors (Lipinski definition) is 1. The Morgan fingerprint density at radius 3 is 2.35 bits per heavy atom. The minimum atomic E-state index is -0.212. The van der Waals surface area contributed by atoms with Gasteiger partial charge in [0.15, 0.2) is 11.5 Å². The van der Waals surface area contributed by atoms with E-state index in [9.17, 15) is 0 Å². The zero-order valence-electron chi connectivity index (χ0n) is 20.4. The molecule has 2 aromatic carbocycles. The predicted molar refractivity (Wildman–Crippen MR) is 144 cm³/mol. The van der Waals surface area contributed by atoms with Gasteiger partial charge in [-0.1, -0.05) is 61.5 Å². The van der Waals surface area contributed by atoms with Crippen LogP contribution in [0.5, 0.6) is 0 Å². The van der Waals surface area contributed by atoms with Crippen LogP contribution >= 0.6 is 0 Å². The predicted octanol–water partition coefficient (Wildman–Crippen LogP) is 5.65. The number of fused-ring (bicyclic) bond motifs is 3. The van der Waals surface area contributed by atoms with Crippen molar-refractivity contribution in [2.75, 3.05) is 0 Å². The number of nitrogens with two attached hydrogens (primary N) is 1. The van der Waals surface area contributed by atoms with Gasteiger partial charge in [0, 0.05) is 40.6 Å². The highest BCUT2D eigenvalue weighted by atomic mass is 15.3.